The quantitative estimate of drug-likeness (QED) is 0.776. The molecule has 0 amide bonds. The van der Waals surface area contributed by atoms with E-state index in [2.05, 4.69) is 26.6 Å². The molecule has 6 heteroatoms. The molecule has 0 spiro atoms. The Labute approximate surface area is 95.4 Å². The molecule has 2 N–H and O–H groups in total. The molecule has 0 aliphatic carbocycles. The molecule has 0 aromatic carbocycles. The number of halogens is 2. The Morgan fingerprint density at radius 2 is 2.21 bits per heavy atom. The van der Waals surface area contributed by atoms with Crippen LogP contribution in [0, 0.1) is 0 Å². The van der Waals surface area contributed by atoms with Gasteiger partial charge in [-0.25, -0.2) is 4.98 Å². The van der Waals surface area contributed by atoms with Crippen LogP contribution in [0.1, 0.15) is 18.7 Å². The van der Waals surface area contributed by atoms with E-state index >= 15 is 0 Å². The van der Waals surface area contributed by atoms with E-state index in [-0.39, 0.29) is 24.8 Å². The number of piperidine rings is 1. The molecule has 0 saturated carbocycles. The summed E-state index contributed by atoms with van der Waals surface area (Å²) < 4.78 is 0. The summed E-state index contributed by atoms with van der Waals surface area (Å²) in [6.45, 7) is 2.12. The zero-order valence-electron chi connectivity index (χ0n) is 7.69. The average Bonchev–Trinajstić information content (AvgIpc) is 2.59. The Bertz CT molecular complexity index is 263. The van der Waals surface area contributed by atoms with E-state index in [9.17, 15) is 0 Å². The van der Waals surface area contributed by atoms with Gasteiger partial charge in [-0.05, 0) is 25.5 Å². The first kappa shape index (κ1) is 13.4. The summed E-state index contributed by atoms with van der Waals surface area (Å²) in [7, 11) is 0. The van der Waals surface area contributed by atoms with Gasteiger partial charge in [0.2, 0.25) is 0 Å². The summed E-state index contributed by atoms with van der Waals surface area (Å²) in [6.07, 6.45) is 6.00. The molecule has 1 aromatic heterocycles. The van der Waals surface area contributed by atoms with Gasteiger partial charge in [0.15, 0.2) is 0 Å². The van der Waals surface area contributed by atoms with Crippen molar-refractivity contribution in [3.8, 4) is 0 Å². The van der Waals surface area contributed by atoms with Crippen molar-refractivity contribution in [2.45, 2.75) is 12.8 Å². The summed E-state index contributed by atoms with van der Waals surface area (Å²) in [5.41, 5.74) is 1.40. The summed E-state index contributed by atoms with van der Waals surface area (Å²) in [5, 5.41) is 9.92. The molecule has 1 aromatic rings. The van der Waals surface area contributed by atoms with Crippen LogP contribution in [-0.4, -0.2) is 28.3 Å². The van der Waals surface area contributed by atoms with Gasteiger partial charge >= 0.3 is 0 Å². The lowest BCUT2D eigenvalue weighted by Gasteiger charge is -2.14. The highest BCUT2D eigenvalue weighted by atomic mass is 35.5. The van der Waals surface area contributed by atoms with Crippen LogP contribution in [0.25, 0.3) is 6.08 Å². The fraction of sp³-hybridized carbons (Fsp3) is 0.500. The molecule has 1 saturated heterocycles. The molecular weight excluding hydrogens is 223 g/mol. The number of hydrogen-bond donors (Lipinski definition) is 2. The molecule has 4 nitrogen and oxygen atoms in total. The van der Waals surface area contributed by atoms with Crippen LogP contribution in [0.3, 0.4) is 0 Å². The van der Waals surface area contributed by atoms with Crippen LogP contribution >= 0.6 is 24.8 Å². The molecule has 0 radical (unpaired) electrons. The molecular formula is C8H14Cl2N4. The molecule has 80 valence electrons. The molecule has 1 fully saturated rings. The molecule has 2 heterocycles. The van der Waals surface area contributed by atoms with E-state index in [1.165, 1.54) is 24.7 Å². The fourth-order valence-electron chi connectivity index (χ4n) is 1.38. The van der Waals surface area contributed by atoms with Gasteiger partial charge in [-0.2, -0.15) is 5.10 Å². The van der Waals surface area contributed by atoms with Crippen LogP contribution in [-0.2, 0) is 0 Å². The van der Waals surface area contributed by atoms with Crippen molar-refractivity contribution in [3.63, 3.8) is 0 Å². The third kappa shape index (κ3) is 3.65. The van der Waals surface area contributed by atoms with E-state index in [0.717, 1.165) is 18.9 Å². The molecule has 1 aliphatic heterocycles. The minimum Gasteiger partial charge on any atom is -0.313 e. The lowest BCUT2D eigenvalue weighted by molar-refractivity contribution is 0.613. The maximum absolute atomic E-state index is 4.04. The molecule has 0 unspecified atom stereocenters. The maximum Gasteiger partial charge on any atom is 0.148 e. The van der Waals surface area contributed by atoms with Crippen molar-refractivity contribution in [2.75, 3.05) is 13.1 Å². The van der Waals surface area contributed by atoms with E-state index < -0.39 is 0 Å². The zero-order valence-corrected chi connectivity index (χ0v) is 9.33. The number of nitrogens with one attached hydrogen (secondary N) is 2. The van der Waals surface area contributed by atoms with Gasteiger partial charge in [-0.3, -0.25) is 5.10 Å². The summed E-state index contributed by atoms with van der Waals surface area (Å²) >= 11 is 0. The van der Waals surface area contributed by atoms with E-state index in [0.29, 0.717) is 0 Å². The second kappa shape index (κ2) is 6.81. The van der Waals surface area contributed by atoms with Crippen LogP contribution < -0.4 is 5.32 Å². The van der Waals surface area contributed by atoms with Gasteiger partial charge in [-0.15, -0.1) is 24.8 Å². The Kier molecular flexibility index (Phi) is 6.53. The van der Waals surface area contributed by atoms with Crippen molar-refractivity contribution < 1.29 is 0 Å². The van der Waals surface area contributed by atoms with Gasteiger partial charge in [-0.1, -0.05) is 5.57 Å². The molecule has 14 heavy (non-hydrogen) atoms. The highest BCUT2D eigenvalue weighted by Crippen LogP contribution is 2.10. The minimum absolute atomic E-state index is 0. The second-order valence-electron chi connectivity index (χ2n) is 2.95. The van der Waals surface area contributed by atoms with Gasteiger partial charge in [0.05, 0.1) is 0 Å². The smallest absolute Gasteiger partial charge is 0.148 e. The third-order valence-electron chi connectivity index (χ3n) is 1.98. The number of nitrogens with zero attached hydrogens (tertiary/aromatic N) is 2. The standard InChI is InChI=1S/C8H12N4.2ClH/c1-2-7(5-9-3-1)4-8-10-6-11-12-8;;/h4,6,9H,1-3,5H2,(H,10,11,12);2*1H. The first-order valence-electron chi connectivity index (χ1n) is 4.21. The third-order valence-corrected chi connectivity index (χ3v) is 1.98. The number of rotatable bonds is 1. The van der Waals surface area contributed by atoms with Crippen LogP contribution in [0.5, 0.6) is 0 Å². The van der Waals surface area contributed by atoms with Crippen molar-refractivity contribution in [1.82, 2.24) is 20.5 Å². The molecule has 1 aliphatic rings. The monoisotopic (exact) mass is 236 g/mol. The highest BCUT2D eigenvalue weighted by Gasteiger charge is 2.04. The molecule has 0 atom stereocenters. The number of aromatic amines is 1. The predicted molar refractivity (Wildman–Crippen MR) is 61.0 cm³/mol. The van der Waals surface area contributed by atoms with Crippen molar-refractivity contribution in [1.29, 1.82) is 0 Å². The van der Waals surface area contributed by atoms with Crippen molar-refractivity contribution >= 4 is 30.9 Å². The average molecular weight is 237 g/mol. The number of aromatic nitrogens is 3. The minimum atomic E-state index is 0. The summed E-state index contributed by atoms with van der Waals surface area (Å²) in [5.74, 6) is 0.855. The van der Waals surface area contributed by atoms with E-state index in [1.54, 1.807) is 0 Å². The maximum atomic E-state index is 4.04. The van der Waals surface area contributed by atoms with Gasteiger partial charge in [0.25, 0.3) is 0 Å². The summed E-state index contributed by atoms with van der Waals surface area (Å²) in [4.78, 5) is 4.04. The van der Waals surface area contributed by atoms with Gasteiger partial charge < -0.3 is 5.32 Å². The largest absolute Gasteiger partial charge is 0.313 e. The van der Waals surface area contributed by atoms with Gasteiger partial charge in [0, 0.05) is 6.54 Å². The lowest BCUT2D eigenvalue weighted by atomic mass is 10.1. The Balaban J connectivity index is 0.000000845. The summed E-state index contributed by atoms with van der Waals surface area (Å²) in [6, 6.07) is 0. The normalized spacial score (nSPS) is 18.4. The van der Waals surface area contributed by atoms with E-state index in [1.807, 2.05) is 0 Å². The Morgan fingerprint density at radius 1 is 1.36 bits per heavy atom. The second-order valence-corrected chi connectivity index (χ2v) is 2.95. The molecule has 2 rings (SSSR count). The Morgan fingerprint density at radius 3 is 2.79 bits per heavy atom. The van der Waals surface area contributed by atoms with Gasteiger partial charge in [0.1, 0.15) is 12.2 Å². The number of H-pyrrole nitrogens is 1. The number of hydrogen-bond acceptors (Lipinski definition) is 3. The molecule has 0 bridgehead atoms. The van der Waals surface area contributed by atoms with E-state index in [4.69, 9.17) is 0 Å². The van der Waals surface area contributed by atoms with Crippen LogP contribution in [0.15, 0.2) is 11.9 Å². The lowest BCUT2D eigenvalue weighted by Crippen LogP contribution is -2.23. The topological polar surface area (TPSA) is 53.6 Å². The Hall–Kier alpha value is -0.580. The van der Waals surface area contributed by atoms with Crippen molar-refractivity contribution in [3.05, 3.63) is 17.7 Å². The predicted octanol–water partition coefficient (Wildman–Crippen LogP) is 1.42. The first-order valence-corrected chi connectivity index (χ1v) is 4.21. The van der Waals surface area contributed by atoms with Crippen molar-refractivity contribution in [2.24, 2.45) is 0 Å². The first-order chi connectivity index (χ1) is 5.95. The van der Waals surface area contributed by atoms with Crippen LogP contribution in [0.2, 0.25) is 0 Å². The zero-order chi connectivity index (χ0) is 8.23. The SMILES string of the molecule is C(=C1CCCNC1)c1ncn[nH]1.Cl.Cl. The fourth-order valence-corrected chi connectivity index (χ4v) is 1.38. The van der Waals surface area contributed by atoms with Crippen LogP contribution in [0.4, 0.5) is 0 Å². The highest BCUT2D eigenvalue weighted by molar-refractivity contribution is 5.85.